The van der Waals surface area contributed by atoms with E-state index >= 15 is 0 Å². The summed E-state index contributed by atoms with van der Waals surface area (Å²) in [6.45, 7) is 5.53. The summed E-state index contributed by atoms with van der Waals surface area (Å²) in [7, 11) is 1.71. The van der Waals surface area contributed by atoms with Gasteiger partial charge in [-0.25, -0.2) is 13.9 Å². The molecule has 0 radical (unpaired) electrons. The van der Waals surface area contributed by atoms with E-state index < -0.39 is 6.10 Å². The Hall–Kier alpha value is -3.59. The van der Waals surface area contributed by atoms with Crippen LogP contribution in [0.4, 0.5) is 10.2 Å². The molecule has 1 saturated heterocycles. The summed E-state index contributed by atoms with van der Waals surface area (Å²) in [5.41, 5.74) is 2.60. The summed E-state index contributed by atoms with van der Waals surface area (Å²) in [5.74, 6) is 1.47. The van der Waals surface area contributed by atoms with Gasteiger partial charge in [-0.2, -0.15) is 0 Å². The fourth-order valence-electron chi connectivity index (χ4n) is 3.88. The van der Waals surface area contributed by atoms with Crippen LogP contribution in [0.3, 0.4) is 0 Å². The number of rotatable bonds is 8. The average molecular weight is 465 g/mol. The normalized spacial score (nSPS) is 15.1. The number of aromatic nitrogens is 3. The maximum absolute atomic E-state index is 13.6. The summed E-state index contributed by atoms with van der Waals surface area (Å²) < 4.78 is 21.6. The number of hydrogen-bond donors (Lipinski definition) is 1. The Morgan fingerprint density at radius 1 is 1.29 bits per heavy atom. The molecular formula is C25H29FN6O2. The van der Waals surface area contributed by atoms with Crippen LogP contribution in [0.2, 0.25) is 0 Å². The molecule has 0 saturated carbocycles. The molecule has 2 aromatic heterocycles. The lowest BCUT2D eigenvalue weighted by Crippen LogP contribution is -2.29. The maximum atomic E-state index is 13.6. The molecule has 1 aliphatic heterocycles. The fourth-order valence-corrected chi connectivity index (χ4v) is 3.88. The van der Waals surface area contributed by atoms with Crippen molar-refractivity contribution in [1.29, 1.82) is 0 Å². The number of anilines is 1. The first kappa shape index (κ1) is 23.6. The lowest BCUT2D eigenvalue weighted by molar-refractivity contribution is -0.128. The van der Waals surface area contributed by atoms with Crippen molar-refractivity contribution in [2.24, 2.45) is 4.99 Å². The number of amides is 1. The van der Waals surface area contributed by atoms with E-state index in [-0.39, 0.29) is 11.7 Å². The molecule has 1 amide bonds. The molecule has 178 valence electrons. The highest BCUT2D eigenvalue weighted by molar-refractivity contribution is 6.05. The Balaban J connectivity index is 1.67. The van der Waals surface area contributed by atoms with Crippen LogP contribution in [-0.2, 0) is 9.53 Å². The first-order valence-corrected chi connectivity index (χ1v) is 11.3. The van der Waals surface area contributed by atoms with Gasteiger partial charge in [-0.3, -0.25) is 9.79 Å². The van der Waals surface area contributed by atoms with E-state index in [1.165, 1.54) is 12.1 Å². The SMILES string of the molecule is CN=C(C=C(C)C)Nc1nc(C(OCCN2CCCC2=O)c2ccc(F)cc2)nn2cccc12. The molecule has 1 aliphatic rings. The summed E-state index contributed by atoms with van der Waals surface area (Å²) in [6, 6.07) is 9.91. The van der Waals surface area contributed by atoms with E-state index in [9.17, 15) is 9.18 Å². The number of likely N-dealkylation sites (tertiary alicyclic amines) is 1. The zero-order valence-corrected chi connectivity index (χ0v) is 19.7. The quantitative estimate of drug-likeness (QED) is 0.402. The minimum Gasteiger partial charge on any atom is -0.364 e. The predicted octanol–water partition coefficient (Wildman–Crippen LogP) is 4.00. The van der Waals surface area contributed by atoms with Gasteiger partial charge in [-0.1, -0.05) is 17.7 Å². The number of benzene rings is 1. The van der Waals surface area contributed by atoms with Gasteiger partial charge in [-0.15, -0.1) is 5.10 Å². The second kappa shape index (κ2) is 10.6. The number of carbonyl (C=O) groups is 1. The Kier molecular flexibility index (Phi) is 7.32. The van der Waals surface area contributed by atoms with Crippen molar-refractivity contribution < 1.29 is 13.9 Å². The van der Waals surface area contributed by atoms with E-state index in [0.29, 0.717) is 37.1 Å². The predicted molar refractivity (Wildman–Crippen MR) is 129 cm³/mol. The lowest BCUT2D eigenvalue weighted by Gasteiger charge is -2.21. The van der Waals surface area contributed by atoms with Crippen LogP contribution in [0.25, 0.3) is 5.52 Å². The number of nitrogens with zero attached hydrogens (tertiary/aromatic N) is 5. The highest BCUT2D eigenvalue weighted by atomic mass is 19.1. The third-order valence-electron chi connectivity index (χ3n) is 5.54. The number of allylic oxidation sites excluding steroid dienone is 1. The molecule has 1 aromatic carbocycles. The minimum atomic E-state index is -0.642. The van der Waals surface area contributed by atoms with Crippen molar-refractivity contribution >= 4 is 23.1 Å². The van der Waals surface area contributed by atoms with Crippen molar-refractivity contribution in [2.45, 2.75) is 32.8 Å². The van der Waals surface area contributed by atoms with Gasteiger partial charge in [0.25, 0.3) is 0 Å². The molecule has 0 spiro atoms. The zero-order valence-electron chi connectivity index (χ0n) is 19.7. The van der Waals surface area contributed by atoms with Crippen LogP contribution in [0, 0.1) is 5.82 Å². The number of ether oxygens (including phenoxy) is 1. The molecule has 1 N–H and O–H groups in total. The van der Waals surface area contributed by atoms with E-state index in [4.69, 9.17) is 9.72 Å². The Bertz CT molecular complexity index is 1210. The molecule has 4 rings (SSSR count). The molecular weight excluding hydrogens is 435 g/mol. The van der Waals surface area contributed by atoms with Gasteiger partial charge in [0.2, 0.25) is 5.91 Å². The van der Waals surface area contributed by atoms with Gasteiger partial charge in [0.15, 0.2) is 11.6 Å². The monoisotopic (exact) mass is 464 g/mol. The van der Waals surface area contributed by atoms with Crippen molar-refractivity contribution in [3.05, 3.63) is 71.4 Å². The highest BCUT2D eigenvalue weighted by Gasteiger charge is 2.24. The average Bonchev–Trinajstić information content (AvgIpc) is 3.45. The van der Waals surface area contributed by atoms with Crippen LogP contribution >= 0.6 is 0 Å². The van der Waals surface area contributed by atoms with Crippen LogP contribution < -0.4 is 5.32 Å². The van der Waals surface area contributed by atoms with Gasteiger partial charge in [0.05, 0.1) is 6.61 Å². The van der Waals surface area contributed by atoms with E-state index in [2.05, 4.69) is 15.4 Å². The van der Waals surface area contributed by atoms with E-state index in [1.807, 2.05) is 38.3 Å². The molecule has 1 unspecified atom stereocenters. The van der Waals surface area contributed by atoms with Crippen molar-refractivity contribution in [2.75, 3.05) is 32.1 Å². The third-order valence-corrected chi connectivity index (χ3v) is 5.54. The van der Waals surface area contributed by atoms with Gasteiger partial charge in [0.1, 0.15) is 23.3 Å². The first-order valence-electron chi connectivity index (χ1n) is 11.3. The second-order valence-corrected chi connectivity index (χ2v) is 8.40. The lowest BCUT2D eigenvalue weighted by atomic mass is 10.1. The molecule has 8 nitrogen and oxygen atoms in total. The van der Waals surface area contributed by atoms with E-state index in [1.54, 1.807) is 28.6 Å². The molecule has 0 bridgehead atoms. The van der Waals surface area contributed by atoms with Crippen LogP contribution in [-0.4, -0.2) is 58.0 Å². The van der Waals surface area contributed by atoms with Gasteiger partial charge < -0.3 is 15.0 Å². The number of hydrogen-bond acceptors (Lipinski definition) is 5. The Morgan fingerprint density at radius 3 is 2.76 bits per heavy atom. The van der Waals surface area contributed by atoms with Gasteiger partial charge in [-0.05, 0) is 56.2 Å². The summed E-state index contributed by atoms with van der Waals surface area (Å²) >= 11 is 0. The van der Waals surface area contributed by atoms with Gasteiger partial charge >= 0.3 is 0 Å². The minimum absolute atomic E-state index is 0.143. The van der Waals surface area contributed by atoms with E-state index in [0.717, 1.165) is 29.6 Å². The molecule has 9 heteroatoms. The molecule has 34 heavy (non-hydrogen) atoms. The number of amidine groups is 1. The highest BCUT2D eigenvalue weighted by Crippen LogP contribution is 2.26. The number of aliphatic imine (C=N–C) groups is 1. The van der Waals surface area contributed by atoms with Crippen molar-refractivity contribution in [3.63, 3.8) is 0 Å². The van der Waals surface area contributed by atoms with Gasteiger partial charge in [0, 0.05) is 32.8 Å². The molecule has 1 atom stereocenters. The number of nitrogens with one attached hydrogen (secondary N) is 1. The maximum Gasteiger partial charge on any atom is 0.222 e. The molecule has 1 fully saturated rings. The largest absolute Gasteiger partial charge is 0.364 e. The van der Waals surface area contributed by atoms with Crippen LogP contribution in [0.15, 0.2) is 59.2 Å². The first-order chi connectivity index (χ1) is 16.4. The standard InChI is InChI=1S/C25H29FN6O2/c1-17(2)16-21(27-3)28-24-20-6-4-13-32(20)30-25(29-24)23(18-8-10-19(26)11-9-18)34-15-14-31-12-5-7-22(31)33/h4,6,8-11,13,16,23H,5,7,12,14-15H2,1-3H3,(H,27,28,29,30). The van der Waals surface area contributed by atoms with Crippen LogP contribution in [0.1, 0.15) is 44.2 Å². The Morgan fingerprint density at radius 2 is 2.09 bits per heavy atom. The third kappa shape index (κ3) is 5.48. The number of carbonyl (C=O) groups excluding carboxylic acids is 1. The molecule has 3 aromatic rings. The summed E-state index contributed by atoms with van der Waals surface area (Å²) in [6.07, 6.45) is 4.57. The summed E-state index contributed by atoms with van der Waals surface area (Å²) in [5, 5.41) is 7.95. The summed E-state index contributed by atoms with van der Waals surface area (Å²) in [4.78, 5) is 22.9. The zero-order chi connectivity index (χ0) is 24.1. The topological polar surface area (TPSA) is 84.1 Å². The van der Waals surface area contributed by atoms with Crippen molar-refractivity contribution in [3.8, 4) is 0 Å². The Labute approximate surface area is 198 Å². The van der Waals surface area contributed by atoms with Crippen molar-refractivity contribution in [1.82, 2.24) is 19.5 Å². The number of halogens is 1. The molecule has 0 aliphatic carbocycles. The smallest absolute Gasteiger partial charge is 0.222 e. The molecule has 3 heterocycles. The second-order valence-electron chi connectivity index (χ2n) is 8.40. The number of fused-ring (bicyclic) bond motifs is 1. The fraction of sp³-hybridized carbons (Fsp3) is 0.360. The van der Waals surface area contributed by atoms with Crippen LogP contribution in [0.5, 0.6) is 0 Å².